The molecule has 0 aliphatic heterocycles. The lowest BCUT2D eigenvalue weighted by atomic mass is 10.1. The summed E-state index contributed by atoms with van der Waals surface area (Å²) >= 11 is 6.01. The summed E-state index contributed by atoms with van der Waals surface area (Å²) in [6, 6.07) is 13.2. The van der Waals surface area contributed by atoms with Gasteiger partial charge in [-0.15, -0.1) is 0 Å². The summed E-state index contributed by atoms with van der Waals surface area (Å²) in [7, 11) is 0. The molecule has 0 heterocycles. The second kappa shape index (κ2) is 5.11. The standard InChI is InChI=1S/C14H14ClNO/c1-10-5-4-7-13(16)11(10)9-17-14-8-3-2-6-12(14)15/h2-8H,9,16H2,1H3. The number of halogens is 1. The van der Waals surface area contributed by atoms with Gasteiger partial charge >= 0.3 is 0 Å². The Kier molecular flexibility index (Phi) is 3.55. The van der Waals surface area contributed by atoms with Gasteiger partial charge in [0.2, 0.25) is 0 Å². The molecule has 2 N–H and O–H groups in total. The van der Waals surface area contributed by atoms with Crippen LogP contribution in [0.4, 0.5) is 5.69 Å². The molecule has 0 fully saturated rings. The molecule has 2 nitrogen and oxygen atoms in total. The van der Waals surface area contributed by atoms with E-state index in [2.05, 4.69) is 0 Å². The van der Waals surface area contributed by atoms with Gasteiger partial charge in [-0.25, -0.2) is 0 Å². The average molecular weight is 248 g/mol. The summed E-state index contributed by atoms with van der Waals surface area (Å²) in [5, 5.41) is 0.611. The third-order valence-electron chi connectivity index (χ3n) is 2.66. The van der Waals surface area contributed by atoms with Gasteiger partial charge in [-0.1, -0.05) is 35.9 Å². The van der Waals surface area contributed by atoms with Gasteiger partial charge in [-0.3, -0.25) is 0 Å². The molecule has 0 atom stereocenters. The third-order valence-corrected chi connectivity index (χ3v) is 2.97. The number of ether oxygens (including phenoxy) is 1. The molecule has 0 bridgehead atoms. The molecule has 2 rings (SSSR count). The fraction of sp³-hybridized carbons (Fsp3) is 0.143. The molecule has 0 saturated heterocycles. The predicted octanol–water partition coefficient (Wildman–Crippen LogP) is 3.81. The van der Waals surface area contributed by atoms with E-state index in [4.69, 9.17) is 22.1 Å². The Bertz CT molecular complexity index is 505. The Labute approximate surface area is 106 Å². The zero-order valence-electron chi connectivity index (χ0n) is 9.61. The quantitative estimate of drug-likeness (QED) is 0.837. The molecule has 0 aliphatic rings. The van der Waals surface area contributed by atoms with Crippen LogP contribution in [0.25, 0.3) is 0 Å². The van der Waals surface area contributed by atoms with Crippen LogP contribution in [-0.2, 0) is 6.61 Å². The van der Waals surface area contributed by atoms with Crippen LogP contribution in [0.5, 0.6) is 5.75 Å². The number of rotatable bonds is 3. The van der Waals surface area contributed by atoms with Gasteiger partial charge in [0.05, 0.1) is 5.02 Å². The summed E-state index contributed by atoms with van der Waals surface area (Å²) in [4.78, 5) is 0. The van der Waals surface area contributed by atoms with Crippen molar-refractivity contribution in [1.82, 2.24) is 0 Å². The minimum atomic E-state index is 0.433. The maximum atomic E-state index is 6.01. The van der Waals surface area contributed by atoms with Crippen LogP contribution in [0.3, 0.4) is 0 Å². The van der Waals surface area contributed by atoms with E-state index in [1.807, 2.05) is 43.3 Å². The Morgan fingerprint density at radius 2 is 1.88 bits per heavy atom. The molecule has 88 valence electrons. The zero-order valence-corrected chi connectivity index (χ0v) is 10.4. The molecule has 0 unspecified atom stereocenters. The fourth-order valence-electron chi connectivity index (χ4n) is 1.63. The molecular weight excluding hydrogens is 234 g/mol. The van der Waals surface area contributed by atoms with E-state index in [1.165, 1.54) is 0 Å². The first-order valence-electron chi connectivity index (χ1n) is 5.40. The molecule has 3 heteroatoms. The van der Waals surface area contributed by atoms with Gasteiger partial charge in [0.1, 0.15) is 12.4 Å². The molecule has 2 aromatic rings. The van der Waals surface area contributed by atoms with Crippen molar-refractivity contribution >= 4 is 17.3 Å². The van der Waals surface area contributed by atoms with Crippen LogP contribution in [0, 0.1) is 6.92 Å². The highest BCUT2D eigenvalue weighted by Crippen LogP contribution is 2.25. The summed E-state index contributed by atoms with van der Waals surface area (Å²) in [5.74, 6) is 0.678. The molecule has 0 radical (unpaired) electrons. The summed E-state index contributed by atoms with van der Waals surface area (Å²) in [6.07, 6.45) is 0. The van der Waals surface area contributed by atoms with Crippen molar-refractivity contribution in [2.45, 2.75) is 13.5 Å². The first-order chi connectivity index (χ1) is 8.18. The van der Waals surface area contributed by atoms with Crippen molar-refractivity contribution in [2.24, 2.45) is 0 Å². The van der Waals surface area contributed by atoms with E-state index in [-0.39, 0.29) is 0 Å². The number of nitrogen functional groups attached to an aromatic ring is 1. The first-order valence-corrected chi connectivity index (χ1v) is 5.77. The van der Waals surface area contributed by atoms with Gasteiger partial charge in [0.25, 0.3) is 0 Å². The van der Waals surface area contributed by atoms with E-state index < -0.39 is 0 Å². The number of aryl methyl sites for hydroxylation is 1. The highest BCUT2D eigenvalue weighted by molar-refractivity contribution is 6.32. The molecule has 0 aliphatic carbocycles. The van der Waals surface area contributed by atoms with Crippen molar-refractivity contribution in [2.75, 3.05) is 5.73 Å². The molecule has 0 spiro atoms. The lowest BCUT2D eigenvalue weighted by Crippen LogP contribution is -2.02. The highest BCUT2D eigenvalue weighted by Gasteiger charge is 2.05. The van der Waals surface area contributed by atoms with Crippen molar-refractivity contribution in [3.63, 3.8) is 0 Å². The zero-order chi connectivity index (χ0) is 12.3. The monoisotopic (exact) mass is 247 g/mol. The van der Waals surface area contributed by atoms with Crippen LogP contribution >= 0.6 is 11.6 Å². The van der Waals surface area contributed by atoms with E-state index in [1.54, 1.807) is 6.07 Å². The van der Waals surface area contributed by atoms with Crippen LogP contribution in [-0.4, -0.2) is 0 Å². The number of hydrogen-bond donors (Lipinski definition) is 1. The summed E-state index contributed by atoms with van der Waals surface area (Å²) in [6.45, 7) is 2.45. The molecule has 0 saturated carbocycles. The SMILES string of the molecule is Cc1cccc(N)c1COc1ccccc1Cl. The molecular formula is C14H14ClNO. The van der Waals surface area contributed by atoms with Gasteiger partial charge in [0.15, 0.2) is 0 Å². The highest BCUT2D eigenvalue weighted by atomic mass is 35.5. The van der Waals surface area contributed by atoms with Gasteiger partial charge in [-0.05, 0) is 30.7 Å². The van der Waals surface area contributed by atoms with Crippen LogP contribution in [0.2, 0.25) is 5.02 Å². The second-order valence-corrected chi connectivity index (χ2v) is 4.27. The summed E-state index contributed by atoms with van der Waals surface area (Å²) < 4.78 is 5.67. The largest absolute Gasteiger partial charge is 0.487 e. The Morgan fingerprint density at radius 1 is 1.12 bits per heavy atom. The minimum absolute atomic E-state index is 0.433. The van der Waals surface area contributed by atoms with Crippen molar-refractivity contribution in [1.29, 1.82) is 0 Å². The van der Waals surface area contributed by atoms with E-state index in [9.17, 15) is 0 Å². The molecule has 17 heavy (non-hydrogen) atoms. The van der Waals surface area contributed by atoms with Gasteiger partial charge in [0, 0.05) is 11.3 Å². The number of hydrogen-bond acceptors (Lipinski definition) is 2. The minimum Gasteiger partial charge on any atom is -0.487 e. The van der Waals surface area contributed by atoms with E-state index >= 15 is 0 Å². The Hall–Kier alpha value is -1.67. The lowest BCUT2D eigenvalue weighted by molar-refractivity contribution is 0.306. The van der Waals surface area contributed by atoms with Gasteiger partial charge in [-0.2, -0.15) is 0 Å². The average Bonchev–Trinajstić information content (AvgIpc) is 2.30. The summed E-state index contributed by atoms with van der Waals surface area (Å²) in [5.41, 5.74) is 8.79. The van der Waals surface area contributed by atoms with Gasteiger partial charge < -0.3 is 10.5 Å². The smallest absolute Gasteiger partial charge is 0.138 e. The van der Waals surface area contributed by atoms with E-state index in [0.717, 1.165) is 16.8 Å². The molecule has 2 aromatic carbocycles. The Morgan fingerprint density at radius 3 is 2.59 bits per heavy atom. The number of benzene rings is 2. The number of nitrogens with two attached hydrogens (primary N) is 1. The van der Waals surface area contributed by atoms with E-state index in [0.29, 0.717) is 17.4 Å². The topological polar surface area (TPSA) is 35.2 Å². The normalized spacial score (nSPS) is 10.2. The molecule has 0 aromatic heterocycles. The third kappa shape index (κ3) is 2.71. The van der Waals surface area contributed by atoms with Crippen molar-refractivity contribution < 1.29 is 4.74 Å². The fourth-order valence-corrected chi connectivity index (χ4v) is 1.82. The predicted molar refractivity (Wildman–Crippen MR) is 71.4 cm³/mol. The van der Waals surface area contributed by atoms with Crippen LogP contribution < -0.4 is 10.5 Å². The maximum absolute atomic E-state index is 6.01. The first kappa shape index (κ1) is 11.8. The number of anilines is 1. The Balaban J connectivity index is 2.16. The maximum Gasteiger partial charge on any atom is 0.138 e. The second-order valence-electron chi connectivity index (χ2n) is 3.86. The van der Waals surface area contributed by atoms with Crippen molar-refractivity contribution in [3.8, 4) is 5.75 Å². The lowest BCUT2D eigenvalue weighted by Gasteiger charge is -2.11. The van der Waals surface area contributed by atoms with Crippen LogP contribution in [0.1, 0.15) is 11.1 Å². The van der Waals surface area contributed by atoms with Crippen LogP contribution in [0.15, 0.2) is 42.5 Å². The number of para-hydroxylation sites is 1. The molecule has 0 amide bonds. The van der Waals surface area contributed by atoms with Crippen molar-refractivity contribution in [3.05, 3.63) is 58.6 Å².